The van der Waals surface area contributed by atoms with Crippen molar-refractivity contribution in [3.8, 4) is 0 Å². The predicted octanol–water partition coefficient (Wildman–Crippen LogP) is -0.772. The fourth-order valence-corrected chi connectivity index (χ4v) is 0. The SMILES string of the molecule is [Cu].[Fe].[Mg].[Mn].[Na].[Ni]. The van der Waals surface area contributed by atoms with E-state index in [1.54, 1.807) is 0 Å². The summed E-state index contributed by atoms with van der Waals surface area (Å²) in [5, 5.41) is 0. The van der Waals surface area contributed by atoms with Crippen LogP contribution in [0, 0.1) is 0 Å². The molecule has 0 atom stereocenters. The van der Waals surface area contributed by atoms with E-state index in [9.17, 15) is 0 Å². The van der Waals surface area contributed by atoms with Gasteiger partial charge in [-0.05, 0) is 0 Å². The van der Waals surface area contributed by atoms with Gasteiger partial charge in [0.1, 0.15) is 0 Å². The molecular formula is CuFeMgMnNaNi. The van der Waals surface area contributed by atoms with E-state index in [0.29, 0.717) is 0 Å². The van der Waals surface area contributed by atoms with Crippen molar-refractivity contribution in [2.45, 2.75) is 0 Å². The second-order valence-electron chi connectivity index (χ2n) is 0. The molecule has 0 aromatic heterocycles. The Morgan fingerprint density at radius 1 is 1.00 bits per heavy atom. The van der Waals surface area contributed by atoms with Gasteiger partial charge in [0.2, 0.25) is 0 Å². The van der Waals surface area contributed by atoms with Crippen LogP contribution in [0.4, 0.5) is 0 Å². The second kappa shape index (κ2) is 37.0. The van der Waals surface area contributed by atoms with Gasteiger partial charge in [-0.1, -0.05) is 0 Å². The Morgan fingerprint density at radius 2 is 1.00 bits per heavy atom. The van der Waals surface area contributed by atoms with E-state index in [2.05, 4.69) is 0 Å². The molecule has 0 aromatic rings. The van der Waals surface area contributed by atoms with Crippen molar-refractivity contribution >= 4 is 52.6 Å². The maximum atomic E-state index is 0. The number of hydrogen-bond donors (Lipinski definition) is 0. The van der Waals surface area contributed by atoms with Gasteiger partial charge in [0, 0.05) is 120 Å². The van der Waals surface area contributed by atoms with Gasteiger partial charge < -0.3 is 0 Å². The Morgan fingerprint density at radius 3 is 1.00 bits per heavy atom. The van der Waals surface area contributed by atoms with E-state index in [1.807, 2.05) is 0 Å². The Kier molecular flexibility index (Phi) is 323. The van der Waals surface area contributed by atoms with E-state index in [-0.39, 0.29) is 120 Å². The summed E-state index contributed by atoms with van der Waals surface area (Å²) >= 11 is 0. The molecule has 0 aliphatic carbocycles. The fraction of sp³-hybridized carbons (Fsp3) is 0. The minimum Gasteiger partial charge on any atom is 0 e. The first kappa shape index (κ1) is 52.4. The zero-order valence-electron chi connectivity index (χ0n) is 3.06. The zero-order chi connectivity index (χ0) is 0. The van der Waals surface area contributed by atoms with E-state index >= 15 is 0 Å². The summed E-state index contributed by atoms with van der Waals surface area (Å²) in [5.41, 5.74) is 0. The first-order chi connectivity index (χ1) is 0. The molecule has 0 fully saturated rings. The monoisotopic (exact) mass is 279 g/mol. The summed E-state index contributed by atoms with van der Waals surface area (Å²) in [6.07, 6.45) is 0. The van der Waals surface area contributed by atoms with Crippen molar-refractivity contribution in [2.24, 2.45) is 0 Å². The third-order valence-corrected chi connectivity index (χ3v) is 0. The summed E-state index contributed by atoms with van der Waals surface area (Å²) in [7, 11) is 0. The van der Waals surface area contributed by atoms with Crippen LogP contribution in [-0.4, -0.2) is 52.6 Å². The Labute approximate surface area is 118 Å². The van der Waals surface area contributed by atoms with E-state index in [1.165, 1.54) is 0 Å². The van der Waals surface area contributed by atoms with Crippen molar-refractivity contribution in [3.63, 3.8) is 0 Å². The van der Waals surface area contributed by atoms with Gasteiger partial charge in [-0.3, -0.25) is 0 Å². The Hall–Kier alpha value is 3.82. The molecule has 0 saturated carbocycles. The molecule has 0 N–H and O–H groups in total. The third kappa shape index (κ3) is 24.9. The minimum atomic E-state index is 0. The van der Waals surface area contributed by atoms with Crippen LogP contribution in [0.1, 0.15) is 0 Å². The standard InChI is InChI=1S/Cu.Fe.Mg.Mn.Na.Ni. The van der Waals surface area contributed by atoms with Crippen LogP contribution >= 0.6 is 0 Å². The van der Waals surface area contributed by atoms with Crippen LogP contribution in [0.2, 0.25) is 0 Å². The molecule has 0 heterocycles. The van der Waals surface area contributed by atoms with E-state index in [0.717, 1.165) is 0 Å². The van der Waals surface area contributed by atoms with Gasteiger partial charge in [-0.15, -0.1) is 0 Å². The van der Waals surface area contributed by atoms with Crippen LogP contribution in [0.3, 0.4) is 0 Å². The van der Waals surface area contributed by atoms with Crippen LogP contribution in [0.15, 0.2) is 0 Å². The molecule has 0 unspecified atom stereocenters. The van der Waals surface area contributed by atoms with Gasteiger partial charge in [0.15, 0.2) is 0 Å². The van der Waals surface area contributed by atoms with Crippen LogP contribution in [0.25, 0.3) is 0 Å². The van der Waals surface area contributed by atoms with Crippen molar-refractivity contribution in [1.82, 2.24) is 0 Å². The van der Waals surface area contributed by atoms with Crippen molar-refractivity contribution in [3.05, 3.63) is 0 Å². The summed E-state index contributed by atoms with van der Waals surface area (Å²) in [4.78, 5) is 0. The molecule has 0 aliphatic heterocycles. The van der Waals surface area contributed by atoms with E-state index in [4.69, 9.17) is 0 Å². The Bertz CT molecular complexity index is 15.5. The summed E-state index contributed by atoms with van der Waals surface area (Å²) in [5.74, 6) is 0. The fourth-order valence-electron chi connectivity index (χ4n) is 0. The molecule has 0 spiro atoms. The molecule has 0 aliphatic rings. The summed E-state index contributed by atoms with van der Waals surface area (Å²) < 4.78 is 0. The molecule has 6 heavy (non-hydrogen) atoms. The van der Waals surface area contributed by atoms with Gasteiger partial charge >= 0.3 is 0 Å². The zero-order valence-corrected chi connectivity index (χ0v) is 10.7. The predicted molar refractivity (Wildman–Crippen MR) is 11.5 cm³/mol. The second-order valence-corrected chi connectivity index (χ2v) is 0. The van der Waals surface area contributed by atoms with Gasteiger partial charge in [0.25, 0.3) is 0 Å². The maximum absolute atomic E-state index is 0. The maximum Gasteiger partial charge on any atom is 0 e. The van der Waals surface area contributed by atoms with Crippen LogP contribution in [-0.2, 0) is 67.7 Å². The molecule has 0 bridgehead atoms. The first-order valence-corrected chi connectivity index (χ1v) is 0. The smallest absolute Gasteiger partial charge is 0 e. The molecule has 0 amide bonds. The Balaban J connectivity index is 0. The summed E-state index contributed by atoms with van der Waals surface area (Å²) in [6, 6.07) is 0. The normalized spacial score (nSPS) is 0. The topological polar surface area (TPSA) is 0 Å². The van der Waals surface area contributed by atoms with Crippen molar-refractivity contribution in [2.75, 3.05) is 0 Å². The van der Waals surface area contributed by atoms with Crippen molar-refractivity contribution in [1.29, 1.82) is 0 Å². The van der Waals surface area contributed by atoms with Crippen LogP contribution < -0.4 is 0 Å². The first-order valence-electron chi connectivity index (χ1n) is 0. The van der Waals surface area contributed by atoms with Crippen LogP contribution in [0.5, 0.6) is 0 Å². The quantitative estimate of drug-likeness (QED) is 0.511. The molecule has 5 radical (unpaired) electrons. The third-order valence-electron chi connectivity index (χ3n) is 0. The molecule has 0 saturated heterocycles. The molecule has 6 heteroatoms. The molecular weight excluding hydrogens is 280 g/mol. The van der Waals surface area contributed by atoms with Gasteiger partial charge in [0.05, 0.1) is 0 Å². The molecule has 0 rings (SSSR count). The van der Waals surface area contributed by atoms with Gasteiger partial charge in [-0.25, -0.2) is 0 Å². The largest absolute Gasteiger partial charge is 0 e. The average Bonchev–Trinajstić information content (AvgIpc) is 0. The number of rotatable bonds is 0. The molecule has 0 aromatic carbocycles. The number of hydrogen-bond acceptors (Lipinski definition) is 0. The van der Waals surface area contributed by atoms with E-state index < -0.39 is 0 Å². The summed E-state index contributed by atoms with van der Waals surface area (Å²) in [6.45, 7) is 0. The minimum absolute atomic E-state index is 0. The van der Waals surface area contributed by atoms with Crippen molar-refractivity contribution < 1.29 is 67.7 Å². The molecule has 39 valence electrons. The van der Waals surface area contributed by atoms with Gasteiger partial charge in [-0.2, -0.15) is 0 Å². The molecule has 0 nitrogen and oxygen atoms in total. The average molecular weight is 280 g/mol.